The minimum atomic E-state index is -4.27. The topological polar surface area (TPSA) is 68.0 Å². The van der Waals surface area contributed by atoms with Crippen molar-refractivity contribution in [2.75, 3.05) is 5.75 Å². The molecule has 1 N–H and O–H groups in total. The lowest BCUT2D eigenvalue weighted by atomic mass is 10.2. The zero-order valence-electron chi connectivity index (χ0n) is 9.39. The van der Waals surface area contributed by atoms with Crippen LogP contribution in [0.2, 0.25) is 0 Å². The van der Waals surface area contributed by atoms with Crippen molar-refractivity contribution in [1.29, 1.82) is 0 Å². The van der Waals surface area contributed by atoms with Gasteiger partial charge in [0.25, 0.3) is 0 Å². The molecule has 0 aliphatic carbocycles. The van der Waals surface area contributed by atoms with E-state index in [-0.39, 0.29) is 29.6 Å². The van der Waals surface area contributed by atoms with E-state index in [9.17, 15) is 18.0 Å². The molecular weight excluding hydrogens is 283 g/mol. The normalized spacial score (nSPS) is 11.9. The summed E-state index contributed by atoms with van der Waals surface area (Å²) in [5.41, 5.74) is -3.36. The maximum absolute atomic E-state index is 12.0. The van der Waals surface area contributed by atoms with Gasteiger partial charge in [0.2, 0.25) is 0 Å². The largest absolute Gasteiger partial charge is 0.478 e. The van der Waals surface area contributed by atoms with E-state index in [1.807, 2.05) is 0 Å². The van der Waals surface area contributed by atoms with E-state index < -0.39 is 11.5 Å². The highest BCUT2D eigenvalue weighted by Crippen LogP contribution is 2.30. The number of rotatable bonds is 4. The first-order valence-electron chi connectivity index (χ1n) is 5.14. The Morgan fingerprint density at radius 3 is 2.79 bits per heavy atom. The number of hydrogen-bond donors (Lipinski definition) is 1. The first-order valence-corrected chi connectivity index (χ1v) is 6.12. The lowest BCUT2D eigenvalue weighted by Gasteiger charge is -2.05. The molecule has 0 aliphatic heterocycles. The number of benzene rings is 1. The zero-order valence-corrected chi connectivity index (χ0v) is 10.2. The van der Waals surface area contributed by atoms with Gasteiger partial charge in [-0.1, -0.05) is 5.21 Å². The fourth-order valence-corrected chi connectivity index (χ4v) is 2.01. The monoisotopic (exact) mass is 291 g/mol. The Morgan fingerprint density at radius 2 is 2.16 bits per heavy atom. The number of nitrogens with zero attached hydrogens (tertiary/aromatic N) is 3. The molecule has 0 unspecified atom stereocenters. The van der Waals surface area contributed by atoms with Crippen molar-refractivity contribution in [3.8, 4) is 0 Å². The van der Waals surface area contributed by atoms with E-state index >= 15 is 0 Å². The van der Waals surface area contributed by atoms with Gasteiger partial charge in [-0.2, -0.15) is 13.2 Å². The van der Waals surface area contributed by atoms with Crippen molar-refractivity contribution in [2.45, 2.75) is 12.1 Å². The molecule has 0 aliphatic rings. The number of aromatic carboxylic acids is 1. The number of hydrogen-bond acceptors (Lipinski definition) is 4. The number of alkyl halides is 3. The first-order chi connectivity index (χ1) is 8.87. The summed E-state index contributed by atoms with van der Waals surface area (Å²) in [6.45, 7) is 0.0487. The molecule has 0 amide bonds. The summed E-state index contributed by atoms with van der Waals surface area (Å²) in [6.07, 6.45) is 0. The quantitative estimate of drug-likeness (QED) is 0.936. The molecule has 102 valence electrons. The summed E-state index contributed by atoms with van der Waals surface area (Å²) in [7, 11) is 0. The summed E-state index contributed by atoms with van der Waals surface area (Å²) in [5, 5.41) is 16.2. The van der Waals surface area contributed by atoms with Crippen LogP contribution in [0.25, 0.3) is 11.0 Å². The fourth-order valence-electron chi connectivity index (χ4n) is 1.52. The average Bonchev–Trinajstić information content (AvgIpc) is 2.70. The van der Waals surface area contributed by atoms with Gasteiger partial charge in [-0.25, -0.2) is 9.48 Å². The van der Waals surface area contributed by atoms with Crippen molar-refractivity contribution in [3.05, 3.63) is 23.8 Å². The molecule has 0 fully saturated rings. The molecule has 2 aromatic rings. The highest BCUT2D eigenvalue weighted by atomic mass is 32.2. The highest BCUT2D eigenvalue weighted by Gasteiger charge is 2.27. The Labute approximate surface area is 109 Å². The molecule has 19 heavy (non-hydrogen) atoms. The number of thioether (sulfide) groups is 1. The van der Waals surface area contributed by atoms with Gasteiger partial charge in [0.05, 0.1) is 17.6 Å². The van der Waals surface area contributed by atoms with Crippen molar-refractivity contribution in [1.82, 2.24) is 15.0 Å². The van der Waals surface area contributed by atoms with Crippen LogP contribution in [0.15, 0.2) is 18.2 Å². The molecule has 2 rings (SSSR count). The number of carboxylic acids is 1. The van der Waals surface area contributed by atoms with Crippen LogP contribution in [-0.4, -0.2) is 37.3 Å². The molecular formula is C10H8F3N3O2S. The van der Waals surface area contributed by atoms with Crippen LogP contribution < -0.4 is 0 Å². The fraction of sp³-hybridized carbons (Fsp3) is 0.300. The minimum Gasteiger partial charge on any atom is -0.478 e. The number of carboxylic acid groups (broad SMARTS) is 1. The van der Waals surface area contributed by atoms with Crippen molar-refractivity contribution >= 4 is 28.8 Å². The van der Waals surface area contributed by atoms with E-state index in [1.54, 1.807) is 0 Å². The van der Waals surface area contributed by atoms with Crippen molar-refractivity contribution in [3.63, 3.8) is 0 Å². The van der Waals surface area contributed by atoms with Gasteiger partial charge in [-0.15, -0.1) is 5.10 Å². The summed E-state index contributed by atoms with van der Waals surface area (Å²) in [4.78, 5) is 10.8. The number of aryl methyl sites for hydroxylation is 1. The average molecular weight is 291 g/mol. The molecule has 0 atom stereocenters. The Bertz CT molecular complexity index is 612. The molecule has 0 saturated heterocycles. The second kappa shape index (κ2) is 5.08. The molecule has 1 aromatic carbocycles. The lowest BCUT2D eigenvalue weighted by molar-refractivity contribution is -0.0328. The van der Waals surface area contributed by atoms with E-state index in [0.29, 0.717) is 11.0 Å². The van der Waals surface area contributed by atoms with Crippen LogP contribution in [0.1, 0.15) is 10.4 Å². The third kappa shape index (κ3) is 3.37. The molecule has 5 nitrogen and oxygen atoms in total. The standard InChI is InChI=1S/C10H8F3N3O2S/c11-10(12,13)19-4-3-16-8-2-1-6(9(17)18)5-7(8)14-15-16/h1-2,5H,3-4H2,(H,17,18). The smallest absolute Gasteiger partial charge is 0.441 e. The van der Waals surface area contributed by atoms with Gasteiger partial charge in [-0.05, 0) is 30.0 Å². The van der Waals surface area contributed by atoms with E-state index in [2.05, 4.69) is 10.3 Å². The molecule has 1 aromatic heterocycles. The van der Waals surface area contributed by atoms with Crippen molar-refractivity contribution < 1.29 is 23.1 Å². The van der Waals surface area contributed by atoms with Crippen LogP contribution >= 0.6 is 11.8 Å². The van der Waals surface area contributed by atoms with Gasteiger partial charge in [-0.3, -0.25) is 0 Å². The maximum Gasteiger partial charge on any atom is 0.441 e. The van der Waals surface area contributed by atoms with Crippen LogP contribution in [0.5, 0.6) is 0 Å². The Morgan fingerprint density at radius 1 is 1.42 bits per heavy atom. The molecule has 1 heterocycles. The van der Waals surface area contributed by atoms with Crippen LogP contribution in [0.4, 0.5) is 13.2 Å². The van der Waals surface area contributed by atoms with Gasteiger partial charge >= 0.3 is 11.5 Å². The molecule has 9 heteroatoms. The molecule has 0 bridgehead atoms. The van der Waals surface area contributed by atoms with E-state index in [4.69, 9.17) is 5.11 Å². The Hall–Kier alpha value is -1.77. The summed E-state index contributed by atoms with van der Waals surface area (Å²) in [5.74, 6) is -1.27. The van der Waals surface area contributed by atoms with E-state index in [0.717, 1.165) is 0 Å². The van der Waals surface area contributed by atoms with Gasteiger partial charge in [0.15, 0.2) is 0 Å². The summed E-state index contributed by atoms with van der Waals surface area (Å²) < 4.78 is 37.3. The van der Waals surface area contributed by atoms with Crippen molar-refractivity contribution in [2.24, 2.45) is 0 Å². The lowest BCUT2D eigenvalue weighted by Crippen LogP contribution is -2.08. The number of aromatic nitrogens is 3. The Balaban J connectivity index is 2.15. The predicted octanol–water partition coefficient (Wildman–Crippen LogP) is 2.38. The van der Waals surface area contributed by atoms with Crippen LogP contribution in [-0.2, 0) is 6.54 Å². The second-order valence-electron chi connectivity index (χ2n) is 3.62. The second-order valence-corrected chi connectivity index (χ2v) is 4.78. The number of carbonyl (C=O) groups is 1. The maximum atomic E-state index is 12.0. The van der Waals surface area contributed by atoms with Crippen LogP contribution in [0, 0.1) is 0 Å². The third-order valence-electron chi connectivity index (χ3n) is 2.33. The Kier molecular flexibility index (Phi) is 3.65. The van der Waals surface area contributed by atoms with Gasteiger partial charge < -0.3 is 5.11 Å². The molecule has 0 saturated carbocycles. The first kappa shape index (κ1) is 13.7. The number of halogens is 3. The minimum absolute atomic E-state index is 0.0487. The van der Waals surface area contributed by atoms with Gasteiger partial charge in [0, 0.05) is 5.75 Å². The third-order valence-corrected chi connectivity index (χ3v) is 3.04. The van der Waals surface area contributed by atoms with Gasteiger partial charge in [0.1, 0.15) is 5.52 Å². The molecule has 0 spiro atoms. The summed E-state index contributed by atoms with van der Waals surface area (Å²) >= 11 is -0.134. The van der Waals surface area contributed by atoms with E-state index in [1.165, 1.54) is 22.9 Å². The predicted molar refractivity (Wildman–Crippen MR) is 63.0 cm³/mol. The summed E-state index contributed by atoms with van der Waals surface area (Å²) in [6, 6.07) is 4.18. The molecule has 0 radical (unpaired) electrons. The number of fused-ring (bicyclic) bond motifs is 1. The SMILES string of the molecule is O=C(O)c1ccc2c(c1)nnn2CCSC(F)(F)F. The zero-order chi connectivity index (χ0) is 14.0. The van der Waals surface area contributed by atoms with Crippen LogP contribution in [0.3, 0.4) is 0 Å². The highest BCUT2D eigenvalue weighted by molar-refractivity contribution is 8.00.